The maximum Gasteiger partial charge on any atom is 0.227 e. The summed E-state index contributed by atoms with van der Waals surface area (Å²) in [4.78, 5) is 11.8. The molecule has 2 unspecified atom stereocenters. The van der Waals surface area contributed by atoms with Gasteiger partial charge in [-0.25, -0.2) is 4.98 Å². The van der Waals surface area contributed by atoms with E-state index in [4.69, 9.17) is 21.6 Å². The van der Waals surface area contributed by atoms with Crippen molar-refractivity contribution in [3.05, 3.63) is 23.2 Å². The monoisotopic (exact) mass is 353 g/mol. The molecule has 0 aliphatic carbocycles. The van der Waals surface area contributed by atoms with Gasteiger partial charge in [0, 0.05) is 36.6 Å². The number of piperidine rings is 1. The predicted molar refractivity (Wildman–Crippen MR) is 98.1 cm³/mol. The number of hydrogen-bond donors (Lipinski definition) is 2. The van der Waals surface area contributed by atoms with E-state index in [-0.39, 0.29) is 12.4 Å². The van der Waals surface area contributed by atoms with Gasteiger partial charge in [-0.15, -0.1) is 12.4 Å². The minimum absolute atomic E-state index is 0. The minimum Gasteiger partial charge on any atom is -0.372 e. The van der Waals surface area contributed by atoms with E-state index >= 15 is 0 Å². The highest BCUT2D eigenvalue weighted by Gasteiger charge is 2.35. The Bertz CT molecular complexity index is 694. The average Bonchev–Trinajstić information content (AvgIpc) is 2.98. The van der Waals surface area contributed by atoms with Crippen LogP contribution in [0.2, 0.25) is 5.02 Å². The number of rotatable bonds is 2. The van der Waals surface area contributed by atoms with Gasteiger partial charge >= 0.3 is 0 Å². The minimum atomic E-state index is 0. The van der Waals surface area contributed by atoms with E-state index in [0.29, 0.717) is 11.1 Å². The van der Waals surface area contributed by atoms with Crippen molar-refractivity contribution < 1.29 is 0 Å². The Kier molecular flexibility index (Phi) is 4.80. The van der Waals surface area contributed by atoms with Crippen LogP contribution in [-0.4, -0.2) is 42.7 Å². The van der Waals surface area contributed by atoms with Crippen LogP contribution in [0.4, 0.5) is 11.8 Å². The summed E-state index contributed by atoms with van der Waals surface area (Å²) in [5.74, 6) is 2.37. The molecule has 2 N–H and O–H groups in total. The molecule has 23 heavy (non-hydrogen) atoms. The number of halogens is 2. The molecular formula is C16H21Cl2N5. The SMILES string of the molecule is CNc1nc(N2CC3CCCNC3C2)nc2ccc(Cl)cc12.Cl. The van der Waals surface area contributed by atoms with Gasteiger partial charge in [0.1, 0.15) is 5.82 Å². The number of benzene rings is 1. The Morgan fingerprint density at radius 2 is 2.17 bits per heavy atom. The Morgan fingerprint density at radius 1 is 1.30 bits per heavy atom. The van der Waals surface area contributed by atoms with Crippen LogP contribution in [0.3, 0.4) is 0 Å². The van der Waals surface area contributed by atoms with Gasteiger partial charge < -0.3 is 15.5 Å². The van der Waals surface area contributed by atoms with Crippen LogP contribution in [0.5, 0.6) is 0 Å². The lowest BCUT2D eigenvalue weighted by Gasteiger charge is -2.24. The second kappa shape index (κ2) is 6.67. The summed E-state index contributed by atoms with van der Waals surface area (Å²) in [7, 11) is 1.89. The molecular weight excluding hydrogens is 333 g/mol. The van der Waals surface area contributed by atoms with Gasteiger partial charge in [-0.05, 0) is 43.5 Å². The Balaban J connectivity index is 0.00000156. The molecule has 2 fully saturated rings. The van der Waals surface area contributed by atoms with Crippen LogP contribution in [0.15, 0.2) is 18.2 Å². The Hall–Kier alpha value is -1.30. The maximum atomic E-state index is 6.10. The third kappa shape index (κ3) is 3.05. The zero-order valence-corrected chi connectivity index (χ0v) is 14.6. The van der Waals surface area contributed by atoms with Crippen molar-refractivity contribution in [3.8, 4) is 0 Å². The number of aromatic nitrogens is 2. The van der Waals surface area contributed by atoms with Crippen molar-refractivity contribution in [2.45, 2.75) is 18.9 Å². The van der Waals surface area contributed by atoms with Crippen molar-refractivity contribution in [1.29, 1.82) is 0 Å². The van der Waals surface area contributed by atoms with Crippen LogP contribution >= 0.6 is 24.0 Å². The second-order valence-electron chi connectivity index (χ2n) is 6.15. The third-order valence-corrected chi connectivity index (χ3v) is 5.00. The standard InChI is InChI=1S/C16H20ClN5.ClH/c1-18-15-12-7-11(17)4-5-13(12)20-16(21-15)22-8-10-3-2-6-19-14(10)9-22;/h4-5,7,10,14,19H,2-3,6,8-9H2,1H3,(H,18,20,21);1H. The molecule has 124 valence electrons. The van der Waals surface area contributed by atoms with Gasteiger partial charge in [0.05, 0.1) is 5.52 Å². The van der Waals surface area contributed by atoms with E-state index in [0.717, 1.165) is 48.2 Å². The highest BCUT2D eigenvalue weighted by atomic mass is 35.5. The molecule has 7 heteroatoms. The second-order valence-corrected chi connectivity index (χ2v) is 6.59. The molecule has 2 saturated heterocycles. The molecule has 1 aromatic heterocycles. The lowest BCUT2D eigenvalue weighted by Crippen LogP contribution is -2.40. The molecule has 2 aliphatic rings. The quantitative estimate of drug-likeness (QED) is 0.869. The predicted octanol–water partition coefficient (Wildman–Crippen LogP) is 2.93. The van der Waals surface area contributed by atoms with Crippen LogP contribution in [0.25, 0.3) is 10.9 Å². The van der Waals surface area contributed by atoms with Crippen molar-refractivity contribution in [2.75, 3.05) is 36.9 Å². The Morgan fingerprint density at radius 3 is 2.96 bits per heavy atom. The number of nitrogens with one attached hydrogen (secondary N) is 2. The molecule has 2 aliphatic heterocycles. The van der Waals surface area contributed by atoms with Crippen LogP contribution in [0, 0.1) is 5.92 Å². The third-order valence-electron chi connectivity index (χ3n) is 4.76. The van der Waals surface area contributed by atoms with E-state index in [1.165, 1.54) is 12.8 Å². The number of hydrogen-bond acceptors (Lipinski definition) is 5. The smallest absolute Gasteiger partial charge is 0.227 e. The number of anilines is 2. The van der Waals surface area contributed by atoms with E-state index in [9.17, 15) is 0 Å². The molecule has 0 radical (unpaired) electrons. The van der Waals surface area contributed by atoms with E-state index in [1.54, 1.807) is 0 Å². The molecule has 0 spiro atoms. The van der Waals surface area contributed by atoms with E-state index in [2.05, 4.69) is 15.5 Å². The van der Waals surface area contributed by atoms with Crippen LogP contribution in [-0.2, 0) is 0 Å². The highest BCUT2D eigenvalue weighted by molar-refractivity contribution is 6.31. The fourth-order valence-electron chi connectivity index (χ4n) is 3.63. The van der Waals surface area contributed by atoms with Gasteiger partial charge in [-0.3, -0.25) is 0 Å². The maximum absolute atomic E-state index is 6.10. The fourth-order valence-corrected chi connectivity index (χ4v) is 3.80. The molecule has 0 amide bonds. The number of nitrogens with zero attached hydrogens (tertiary/aromatic N) is 3. The molecule has 2 aromatic rings. The summed E-state index contributed by atoms with van der Waals surface area (Å²) in [5.41, 5.74) is 0.932. The van der Waals surface area contributed by atoms with Crippen molar-refractivity contribution in [2.24, 2.45) is 5.92 Å². The van der Waals surface area contributed by atoms with Gasteiger partial charge in [-0.2, -0.15) is 4.98 Å². The topological polar surface area (TPSA) is 53.1 Å². The van der Waals surface area contributed by atoms with Crippen molar-refractivity contribution >= 4 is 46.7 Å². The Labute approximate surface area is 147 Å². The largest absolute Gasteiger partial charge is 0.372 e. The zero-order valence-electron chi connectivity index (χ0n) is 13.1. The molecule has 0 bridgehead atoms. The van der Waals surface area contributed by atoms with Gasteiger partial charge in [0.2, 0.25) is 5.95 Å². The summed E-state index contributed by atoms with van der Waals surface area (Å²) in [6.45, 7) is 3.17. The first-order valence-electron chi connectivity index (χ1n) is 7.88. The average molecular weight is 354 g/mol. The first-order valence-corrected chi connectivity index (χ1v) is 8.26. The summed E-state index contributed by atoms with van der Waals surface area (Å²) >= 11 is 6.10. The fraction of sp³-hybridized carbons (Fsp3) is 0.500. The van der Waals surface area contributed by atoms with Crippen molar-refractivity contribution in [3.63, 3.8) is 0 Å². The van der Waals surface area contributed by atoms with Gasteiger partial charge in [-0.1, -0.05) is 11.6 Å². The van der Waals surface area contributed by atoms with Crippen LogP contribution < -0.4 is 15.5 Å². The molecule has 2 atom stereocenters. The summed E-state index contributed by atoms with van der Waals surface area (Å²) in [5, 5.41) is 8.47. The summed E-state index contributed by atoms with van der Waals surface area (Å²) < 4.78 is 0. The van der Waals surface area contributed by atoms with Gasteiger partial charge in [0.25, 0.3) is 0 Å². The van der Waals surface area contributed by atoms with E-state index in [1.807, 2.05) is 25.2 Å². The lowest BCUT2D eigenvalue weighted by molar-refractivity contribution is 0.340. The molecule has 5 nitrogen and oxygen atoms in total. The van der Waals surface area contributed by atoms with Gasteiger partial charge in [0.15, 0.2) is 0 Å². The number of fused-ring (bicyclic) bond motifs is 2. The molecule has 0 saturated carbocycles. The zero-order chi connectivity index (χ0) is 15.1. The van der Waals surface area contributed by atoms with E-state index < -0.39 is 0 Å². The lowest BCUT2D eigenvalue weighted by atomic mass is 9.94. The first-order chi connectivity index (χ1) is 10.7. The first kappa shape index (κ1) is 16.6. The highest BCUT2D eigenvalue weighted by Crippen LogP contribution is 2.30. The molecule has 1 aromatic carbocycles. The summed E-state index contributed by atoms with van der Waals surface area (Å²) in [6, 6.07) is 6.34. The summed E-state index contributed by atoms with van der Waals surface area (Å²) in [6.07, 6.45) is 2.57. The molecule has 3 heterocycles. The van der Waals surface area contributed by atoms with Crippen LogP contribution in [0.1, 0.15) is 12.8 Å². The van der Waals surface area contributed by atoms with Crippen molar-refractivity contribution in [1.82, 2.24) is 15.3 Å². The molecule has 4 rings (SSSR count). The normalized spacial score (nSPS) is 23.5.